The second kappa shape index (κ2) is 6.80. The molecule has 1 N–H and O–H groups in total. The van der Waals surface area contributed by atoms with Crippen molar-refractivity contribution >= 4 is 15.8 Å². The fraction of sp³-hybridized carbons (Fsp3) is 0.0556. The molecule has 24 heavy (non-hydrogen) atoms. The lowest BCUT2D eigenvalue weighted by molar-refractivity contribution is -0.362. The Kier molecular flexibility index (Phi) is 4.57. The van der Waals surface area contributed by atoms with E-state index in [-0.39, 0.29) is 11.4 Å². The molecule has 0 saturated heterocycles. The van der Waals surface area contributed by atoms with Crippen LogP contribution < -0.4 is 9.29 Å². The van der Waals surface area contributed by atoms with E-state index >= 15 is 0 Å². The maximum Gasteiger partial charge on any atom is 0.331 e. The molecule has 2 aromatic carbocycles. The van der Waals surface area contributed by atoms with Crippen molar-refractivity contribution in [2.24, 2.45) is 0 Å². The van der Waals surface area contributed by atoms with Crippen LogP contribution in [0.2, 0.25) is 0 Å². The van der Waals surface area contributed by atoms with Crippen molar-refractivity contribution in [3.63, 3.8) is 0 Å². The number of hydrogen-bond donors (Lipinski definition) is 0. The number of halogens is 1. The van der Waals surface area contributed by atoms with Gasteiger partial charge in [0, 0.05) is 6.07 Å². The molecule has 0 bridgehead atoms. The lowest BCUT2D eigenvalue weighted by Gasteiger charge is -2.16. The second-order valence-corrected chi connectivity index (χ2v) is 7.06. The average molecular weight is 343 g/mol. The van der Waals surface area contributed by atoms with Gasteiger partial charge >= 0.3 is 10.0 Å². The fourth-order valence-electron chi connectivity index (χ4n) is 2.32. The van der Waals surface area contributed by atoms with E-state index in [0.717, 1.165) is 17.7 Å². The molecule has 4 nitrogen and oxygen atoms in total. The normalized spacial score (nSPS) is 11.2. The number of pyridine rings is 1. The van der Waals surface area contributed by atoms with Crippen molar-refractivity contribution in [1.29, 1.82) is 0 Å². The Morgan fingerprint density at radius 3 is 2.17 bits per heavy atom. The highest BCUT2D eigenvalue weighted by molar-refractivity contribution is 7.92. The van der Waals surface area contributed by atoms with Crippen LogP contribution in [-0.2, 0) is 16.6 Å². The van der Waals surface area contributed by atoms with E-state index in [2.05, 4.69) is 4.98 Å². The topological polar surface area (TPSA) is 51.5 Å². The van der Waals surface area contributed by atoms with Gasteiger partial charge in [0.15, 0.2) is 0 Å². The van der Waals surface area contributed by atoms with Crippen LogP contribution in [0, 0.1) is 5.82 Å². The summed E-state index contributed by atoms with van der Waals surface area (Å²) in [5.74, 6) is -0.0412. The molecular formula is C18H16FN2O2S+. The number of aromatic amines is 1. The second-order valence-electron chi connectivity index (χ2n) is 5.20. The lowest BCUT2D eigenvalue weighted by Crippen LogP contribution is -2.34. The van der Waals surface area contributed by atoms with Gasteiger partial charge in [-0.15, -0.1) is 4.31 Å². The number of aromatic nitrogens is 1. The van der Waals surface area contributed by atoms with E-state index in [1.807, 2.05) is 30.3 Å². The number of hydrogen-bond acceptors (Lipinski definition) is 2. The number of nitrogens with zero attached hydrogens (tertiary/aromatic N) is 1. The first kappa shape index (κ1) is 16.1. The molecular weight excluding hydrogens is 327 g/mol. The maximum absolute atomic E-state index is 13.1. The summed E-state index contributed by atoms with van der Waals surface area (Å²) in [5.41, 5.74) is 0.848. The third-order valence-corrected chi connectivity index (χ3v) is 5.31. The summed E-state index contributed by atoms with van der Waals surface area (Å²) in [6, 6.07) is 19.3. The van der Waals surface area contributed by atoms with Crippen LogP contribution in [0.5, 0.6) is 0 Å². The summed E-state index contributed by atoms with van der Waals surface area (Å²) in [7, 11) is -3.83. The van der Waals surface area contributed by atoms with Gasteiger partial charge in [0.05, 0.1) is 6.20 Å². The molecule has 0 radical (unpaired) electrons. The largest absolute Gasteiger partial charge is 0.331 e. The standard InChI is InChI=1S/C18H15FN2O2S/c19-16-9-11-17(12-10-16)24(22,23)21(18-8-4-5-13-20-18)14-15-6-2-1-3-7-15/h1-13H,14H2/p+1. The molecule has 0 aliphatic rings. The van der Waals surface area contributed by atoms with E-state index in [0.29, 0.717) is 5.82 Å². The van der Waals surface area contributed by atoms with E-state index in [9.17, 15) is 12.8 Å². The first-order chi connectivity index (χ1) is 11.6. The summed E-state index contributed by atoms with van der Waals surface area (Å²) in [4.78, 5) is 2.99. The number of H-pyrrole nitrogens is 1. The molecule has 0 aliphatic carbocycles. The van der Waals surface area contributed by atoms with Gasteiger partial charge in [-0.25, -0.2) is 9.37 Å². The van der Waals surface area contributed by atoms with Crippen LogP contribution in [0.4, 0.5) is 10.2 Å². The predicted octanol–water partition coefficient (Wildman–Crippen LogP) is 3.04. The number of benzene rings is 2. The highest BCUT2D eigenvalue weighted by Crippen LogP contribution is 2.22. The van der Waals surface area contributed by atoms with E-state index < -0.39 is 15.8 Å². The molecule has 0 fully saturated rings. The first-order valence-electron chi connectivity index (χ1n) is 7.36. The first-order valence-corrected chi connectivity index (χ1v) is 8.80. The summed E-state index contributed by atoms with van der Waals surface area (Å²) < 4.78 is 40.5. The zero-order valence-corrected chi connectivity index (χ0v) is 13.6. The predicted molar refractivity (Wildman–Crippen MR) is 89.2 cm³/mol. The number of anilines is 1. The van der Waals surface area contributed by atoms with Crippen molar-refractivity contribution in [2.75, 3.05) is 4.31 Å². The molecule has 0 atom stereocenters. The van der Waals surface area contributed by atoms with Crippen molar-refractivity contribution in [3.8, 4) is 0 Å². The van der Waals surface area contributed by atoms with Gasteiger partial charge in [-0.2, -0.15) is 8.42 Å². The molecule has 6 heteroatoms. The molecule has 0 aliphatic heterocycles. The molecule has 3 aromatic rings. The van der Waals surface area contributed by atoms with Crippen molar-refractivity contribution in [3.05, 3.63) is 90.4 Å². The zero-order valence-electron chi connectivity index (χ0n) is 12.8. The Morgan fingerprint density at radius 2 is 1.54 bits per heavy atom. The molecule has 0 unspecified atom stereocenters. The molecule has 3 rings (SSSR count). The van der Waals surface area contributed by atoms with Gasteiger partial charge < -0.3 is 0 Å². The number of sulfonamides is 1. The highest BCUT2D eigenvalue weighted by Gasteiger charge is 2.32. The Morgan fingerprint density at radius 1 is 0.875 bits per heavy atom. The molecule has 1 heterocycles. The SMILES string of the molecule is O=S(=O)(c1ccc(F)cc1)N(Cc1ccccc1)c1cccc[nH+]1. The van der Waals surface area contributed by atoms with Gasteiger partial charge in [-0.3, -0.25) is 0 Å². The van der Waals surface area contributed by atoms with Crippen LogP contribution in [0.15, 0.2) is 83.9 Å². The fourth-order valence-corrected chi connectivity index (χ4v) is 3.75. The third-order valence-electron chi connectivity index (χ3n) is 3.53. The summed E-state index contributed by atoms with van der Waals surface area (Å²) >= 11 is 0. The lowest BCUT2D eigenvalue weighted by atomic mass is 10.2. The van der Waals surface area contributed by atoms with Gasteiger partial charge in [-0.1, -0.05) is 36.4 Å². The molecule has 122 valence electrons. The van der Waals surface area contributed by atoms with Gasteiger partial charge in [0.25, 0.3) is 5.82 Å². The van der Waals surface area contributed by atoms with Crippen molar-refractivity contribution in [1.82, 2.24) is 0 Å². The van der Waals surface area contributed by atoms with Crippen molar-refractivity contribution < 1.29 is 17.8 Å². The smallest absolute Gasteiger partial charge is 0.247 e. The molecule has 0 spiro atoms. The zero-order chi connectivity index (χ0) is 17.0. The minimum absolute atomic E-state index is 0.0390. The van der Waals surface area contributed by atoms with Crippen LogP contribution in [0.1, 0.15) is 5.56 Å². The summed E-state index contributed by atoms with van der Waals surface area (Å²) in [5, 5.41) is 0. The number of rotatable bonds is 5. The Labute approximate surface area is 140 Å². The number of nitrogens with one attached hydrogen (secondary N) is 1. The average Bonchev–Trinajstić information content (AvgIpc) is 2.61. The van der Waals surface area contributed by atoms with Crippen LogP contribution in [-0.4, -0.2) is 8.42 Å². The van der Waals surface area contributed by atoms with E-state index in [1.54, 1.807) is 24.4 Å². The monoisotopic (exact) mass is 343 g/mol. The maximum atomic E-state index is 13.1. The van der Waals surface area contributed by atoms with Gasteiger partial charge in [-0.05, 0) is 35.9 Å². The highest BCUT2D eigenvalue weighted by atomic mass is 32.2. The quantitative estimate of drug-likeness (QED) is 0.715. The van der Waals surface area contributed by atoms with Crippen molar-refractivity contribution in [2.45, 2.75) is 11.4 Å². The molecule has 1 aromatic heterocycles. The molecule has 0 amide bonds. The van der Waals surface area contributed by atoms with Crippen LogP contribution in [0.25, 0.3) is 0 Å². The third kappa shape index (κ3) is 3.44. The Hall–Kier alpha value is -2.73. The van der Waals surface area contributed by atoms with E-state index in [1.165, 1.54) is 16.4 Å². The molecule has 0 saturated carbocycles. The van der Waals surface area contributed by atoms with Gasteiger partial charge in [0.2, 0.25) is 0 Å². The summed E-state index contributed by atoms with van der Waals surface area (Å²) in [6.07, 6.45) is 1.66. The van der Waals surface area contributed by atoms with Gasteiger partial charge in [0.1, 0.15) is 17.3 Å². The summed E-state index contributed by atoms with van der Waals surface area (Å²) in [6.45, 7) is 0.168. The van der Waals surface area contributed by atoms with Crippen LogP contribution >= 0.6 is 0 Å². The van der Waals surface area contributed by atoms with Crippen LogP contribution in [0.3, 0.4) is 0 Å². The Bertz CT molecular complexity index is 899. The minimum atomic E-state index is -3.83. The Balaban J connectivity index is 2.05. The van der Waals surface area contributed by atoms with E-state index in [4.69, 9.17) is 0 Å². The minimum Gasteiger partial charge on any atom is -0.247 e.